The van der Waals surface area contributed by atoms with Crippen LogP contribution in [0.1, 0.15) is 4.88 Å². The second-order valence-corrected chi connectivity index (χ2v) is 6.40. The van der Waals surface area contributed by atoms with Gasteiger partial charge in [0.25, 0.3) is 0 Å². The number of hydrogen-bond donors (Lipinski definition) is 1. The largest absolute Gasteiger partial charge is 0.492 e. The van der Waals surface area contributed by atoms with Crippen LogP contribution in [-0.2, 0) is 6.54 Å². The Morgan fingerprint density at radius 1 is 1.28 bits per heavy atom. The molecule has 1 aromatic heterocycles. The van der Waals surface area contributed by atoms with Crippen LogP contribution in [0.25, 0.3) is 0 Å². The molecule has 0 fully saturated rings. The molecule has 2 nitrogen and oxygen atoms in total. The standard InChI is InChI=1S/C13H13BrClNOS/c14-10-2-1-3-11(8-10)17-7-6-16-9-12-4-5-13(15)18-12/h1-5,8,16H,6-7,9H2. The van der Waals surface area contributed by atoms with Crippen molar-refractivity contribution in [2.24, 2.45) is 0 Å². The van der Waals surface area contributed by atoms with Gasteiger partial charge in [0, 0.05) is 22.4 Å². The molecule has 0 aliphatic carbocycles. The third-order valence-corrected chi connectivity index (χ3v) is 4.00. The van der Waals surface area contributed by atoms with Crippen molar-refractivity contribution in [3.63, 3.8) is 0 Å². The van der Waals surface area contributed by atoms with Crippen molar-refractivity contribution in [3.8, 4) is 5.75 Å². The molecule has 0 spiro atoms. The molecule has 1 aromatic carbocycles. The number of nitrogens with one attached hydrogen (secondary N) is 1. The first kappa shape index (κ1) is 13.9. The molecule has 2 rings (SSSR count). The third kappa shape index (κ3) is 4.61. The zero-order valence-electron chi connectivity index (χ0n) is 9.66. The van der Waals surface area contributed by atoms with Gasteiger partial charge in [0.2, 0.25) is 0 Å². The molecule has 0 saturated carbocycles. The first-order valence-corrected chi connectivity index (χ1v) is 7.56. The van der Waals surface area contributed by atoms with Crippen LogP contribution < -0.4 is 10.1 Å². The minimum Gasteiger partial charge on any atom is -0.492 e. The first-order chi connectivity index (χ1) is 8.74. The smallest absolute Gasteiger partial charge is 0.120 e. The molecule has 0 unspecified atom stereocenters. The molecular formula is C13H13BrClNOS. The molecule has 0 bridgehead atoms. The van der Waals surface area contributed by atoms with E-state index in [1.807, 2.05) is 36.4 Å². The minimum atomic E-state index is 0.648. The van der Waals surface area contributed by atoms with Crippen molar-refractivity contribution < 1.29 is 4.74 Å². The summed E-state index contributed by atoms with van der Waals surface area (Å²) in [4.78, 5) is 1.24. The molecule has 0 aliphatic heterocycles. The van der Waals surface area contributed by atoms with Gasteiger partial charge in [-0.25, -0.2) is 0 Å². The highest BCUT2D eigenvalue weighted by Gasteiger charge is 1.98. The maximum Gasteiger partial charge on any atom is 0.120 e. The lowest BCUT2D eigenvalue weighted by Gasteiger charge is -2.07. The summed E-state index contributed by atoms with van der Waals surface area (Å²) in [5.41, 5.74) is 0. The molecule has 1 N–H and O–H groups in total. The van der Waals surface area contributed by atoms with Gasteiger partial charge < -0.3 is 10.1 Å². The molecule has 0 amide bonds. The second-order valence-electron chi connectivity index (χ2n) is 3.69. The van der Waals surface area contributed by atoms with Crippen LogP contribution in [-0.4, -0.2) is 13.2 Å². The molecule has 0 saturated heterocycles. The molecule has 96 valence electrons. The number of benzene rings is 1. The Morgan fingerprint density at radius 2 is 2.17 bits per heavy atom. The lowest BCUT2D eigenvalue weighted by Crippen LogP contribution is -2.20. The minimum absolute atomic E-state index is 0.648. The summed E-state index contributed by atoms with van der Waals surface area (Å²) >= 11 is 10.9. The van der Waals surface area contributed by atoms with Crippen molar-refractivity contribution in [2.45, 2.75) is 6.54 Å². The summed E-state index contributed by atoms with van der Waals surface area (Å²) in [5, 5.41) is 3.31. The highest BCUT2D eigenvalue weighted by Crippen LogP contribution is 2.21. The van der Waals surface area contributed by atoms with Crippen molar-refractivity contribution in [2.75, 3.05) is 13.2 Å². The van der Waals surface area contributed by atoms with E-state index in [2.05, 4.69) is 21.2 Å². The van der Waals surface area contributed by atoms with Gasteiger partial charge >= 0.3 is 0 Å². The fraction of sp³-hybridized carbons (Fsp3) is 0.231. The molecule has 0 radical (unpaired) electrons. The van der Waals surface area contributed by atoms with E-state index in [1.54, 1.807) is 11.3 Å². The fourth-order valence-electron chi connectivity index (χ4n) is 1.46. The molecule has 2 aromatic rings. The van der Waals surface area contributed by atoms with Gasteiger partial charge in [-0.05, 0) is 30.3 Å². The van der Waals surface area contributed by atoms with E-state index in [0.29, 0.717) is 6.61 Å². The van der Waals surface area contributed by atoms with Crippen LogP contribution in [0.2, 0.25) is 4.34 Å². The molecule has 0 atom stereocenters. The Bertz CT molecular complexity index is 503. The molecule has 0 aliphatic rings. The maximum absolute atomic E-state index is 5.86. The normalized spacial score (nSPS) is 10.6. The van der Waals surface area contributed by atoms with Crippen LogP contribution >= 0.6 is 38.9 Å². The third-order valence-electron chi connectivity index (χ3n) is 2.27. The number of ether oxygens (including phenoxy) is 1. The Hall–Kier alpha value is -0.550. The van der Waals surface area contributed by atoms with Gasteiger partial charge in [-0.3, -0.25) is 0 Å². The Morgan fingerprint density at radius 3 is 2.89 bits per heavy atom. The van der Waals surface area contributed by atoms with Crippen LogP contribution in [0.15, 0.2) is 40.9 Å². The summed E-state index contributed by atoms with van der Waals surface area (Å²) in [5.74, 6) is 0.880. The molecule has 5 heteroatoms. The van der Waals surface area contributed by atoms with Crippen LogP contribution in [0, 0.1) is 0 Å². The summed E-state index contributed by atoms with van der Waals surface area (Å²) in [6, 6.07) is 11.8. The Labute approximate surface area is 124 Å². The van der Waals surface area contributed by atoms with E-state index in [4.69, 9.17) is 16.3 Å². The monoisotopic (exact) mass is 345 g/mol. The topological polar surface area (TPSA) is 21.3 Å². The highest BCUT2D eigenvalue weighted by molar-refractivity contribution is 9.10. The predicted molar refractivity (Wildman–Crippen MR) is 80.7 cm³/mol. The predicted octanol–water partition coefficient (Wildman–Crippen LogP) is 4.33. The SMILES string of the molecule is Clc1ccc(CNCCOc2cccc(Br)c2)s1. The van der Waals surface area contributed by atoms with Crippen molar-refractivity contribution in [3.05, 3.63) is 50.1 Å². The number of halogens is 2. The first-order valence-electron chi connectivity index (χ1n) is 5.57. The fourth-order valence-corrected chi connectivity index (χ4v) is 2.89. The summed E-state index contributed by atoms with van der Waals surface area (Å²) in [6.07, 6.45) is 0. The van der Waals surface area contributed by atoms with E-state index >= 15 is 0 Å². The summed E-state index contributed by atoms with van der Waals surface area (Å²) in [6.45, 7) is 2.29. The molecule has 1 heterocycles. The average Bonchev–Trinajstić information content (AvgIpc) is 2.75. The van der Waals surface area contributed by atoms with Crippen molar-refractivity contribution in [1.82, 2.24) is 5.32 Å². The van der Waals surface area contributed by atoms with Gasteiger partial charge in [0.1, 0.15) is 12.4 Å². The summed E-state index contributed by atoms with van der Waals surface area (Å²) < 4.78 is 7.47. The number of rotatable bonds is 6. The number of thiophene rings is 1. The molecular weight excluding hydrogens is 334 g/mol. The van der Waals surface area contributed by atoms with Gasteiger partial charge in [-0.1, -0.05) is 33.6 Å². The zero-order chi connectivity index (χ0) is 12.8. The van der Waals surface area contributed by atoms with Crippen molar-refractivity contribution >= 4 is 38.9 Å². The zero-order valence-corrected chi connectivity index (χ0v) is 12.8. The van der Waals surface area contributed by atoms with E-state index in [-0.39, 0.29) is 0 Å². The van der Waals surface area contributed by atoms with Gasteiger partial charge in [-0.15, -0.1) is 11.3 Å². The van der Waals surface area contributed by atoms with Crippen LogP contribution in [0.5, 0.6) is 5.75 Å². The highest BCUT2D eigenvalue weighted by atomic mass is 79.9. The quantitative estimate of drug-likeness (QED) is 0.786. The van der Waals surface area contributed by atoms with E-state index in [0.717, 1.165) is 27.6 Å². The Balaban J connectivity index is 1.64. The number of hydrogen-bond acceptors (Lipinski definition) is 3. The lowest BCUT2D eigenvalue weighted by molar-refractivity contribution is 0.313. The van der Waals surface area contributed by atoms with Crippen LogP contribution in [0.4, 0.5) is 0 Å². The van der Waals surface area contributed by atoms with E-state index in [1.165, 1.54) is 4.88 Å². The van der Waals surface area contributed by atoms with E-state index in [9.17, 15) is 0 Å². The van der Waals surface area contributed by atoms with Gasteiger partial charge in [-0.2, -0.15) is 0 Å². The van der Waals surface area contributed by atoms with Crippen molar-refractivity contribution in [1.29, 1.82) is 0 Å². The second kappa shape index (κ2) is 7.14. The lowest BCUT2D eigenvalue weighted by atomic mass is 10.3. The molecule has 18 heavy (non-hydrogen) atoms. The van der Waals surface area contributed by atoms with Gasteiger partial charge in [0.05, 0.1) is 4.34 Å². The maximum atomic E-state index is 5.86. The van der Waals surface area contributed by atoms with Gasteiger partial charge in [0.15, 0.2) is 0 Å². The summed E-state index contributed by atoms with van der Waals surface area (Å²) in [7, 11) is 0. The van der Waals surface area contributed by atoms with E-state index < -0.39 is 0 Å². The average molecular weight is 347 g/mol. The van der Waals surface area contributed by atoms with Crippen LogP contribution in [0.3, 0.4) is 0 Å². The Kier molecular flexibility index (Phi) is 5.50.